The lowest BCUT2D eigenvalue weighted by atomic mass is 10.2. The Hall–Kier alpha value is -1.17. The van der Waals surface area contributed by atoms with Crippen LogP contribution in [-0.2, 0) is 0 Å². The Balaban J connectivity index is 1.80. The summed E-state index contributed by atoms with van der Waals surface area (Å²) in [7, 11) is 0. The highest BCUT2D eigenvalue weighted by Crippen LogP contribution is 2.28. The summed E-state index contributed by atoms with van der Waals surface area (Å²) >= 11 is 5.15. The van der Waals surface area contributed by atoms with Gasteiger partial charge in [0.15, 0.2) is 0 Å². The molecule has 1 aromatic carbocycles. The van der Waals surface area contributed by atoms with E-state index in [9.17, 15) is 0 Å². The summed E-state index contributed by atoms with van der Waals surface area (Å²) in [5.74, 6) is 0.946. The first-order chi connectivity index (χ1) is 9.63. The Morgan fingerprint density at radius 1 is 1.25 bits per heavy atom. The first kappa shape index (κ1) is 13.8. The Bertz CT molecular complexity index is 708. The number of fused-ring (bicyclic) bond motifs is 1. The number of thiazole rings is 1. The maximum Gasteiger partial charge on any atom is 0.134 e. The standard InChI is InChI=1S/C15H15BrN2OS/c1-9(18-10(2)15-17-5-6-20-15)14-8-11-7-12(16)3-4-13(11)19-14/h3-10,18H,1-2H3. The lowest BCUT2D eigenvalue weighted by Gasteiger charge is -2.16. The van der Waals surface area contributed by atoms with Crippen molar-refractivity contribution in [1.29, 1.82) is 0 Å². The van der Waals surface area contributed by atoms with Crippen LogP contribution in [0.3, 0.4) is 0 Å². The molecule has 104 valence electrons. The predicted molar refractivity (Wildman–Crippen MR) is 86.0 cm³/mol. The molecule has 0 saturated carbocycles. The molecular formula is C15H15BrN2OS. The number of hydrogen-bond acceptors (Lipinski definition) is 4. The van der Waals surface area contributed by atoms with E-state index in [-0.39, 0.29) is 12.1 Å². The van der Waals surface area contributed by atoms with E-state index >= 15 is 0 Å². The molecule has 0 spiro atoms. The van der Waals surface area contributed by atoms with Crippen molar-refractivity contribution in [2.75, 3.05) is 0 Å². The van der Waals surface area contributed by atoms with Crippen molar-refractivity contribution in [2.24, 2.45) is 0 Å². The number of hydrogen-bond donors (Lipinski definition) is 1. The van der Waals surface area contributed by atoms with Crippen molar-refractivity contribution in [1.82, 2.24) is 10.3 Å². The third kappa shape index (κ3) is 2.80. The minimum atomic E-state index is 0.139. The molecule has 0 bridgehead atoms. The Morgan fingerprint density at radius 3 is 2.85 bits per heavy atom. The lowest BCUT2D eigenvalue weighted by molar-refractivity contribution is 0.416. The molecule has 2 aromatic heterocycles. The minimum absolute atomic E-state index is 0.139. The summed E-state index contributed by atoms with van der Waals surface area (Å²) < 4.78 is 6.97. The largest absolute Gasteiger partial charge is 0.459 e. The number of aromatic nitrogens is 1. The molecular weight excluding hydrogens is 336 g/mol. The second kappa shape index (κ2) is 5.68. The van der Waals surface area contributed by atoms with Crippen LogP contribution in [0.5, 0.6) is 0 Å². The molecule has 20 heavy (non-hydrogen) atoms. The number of rotatable bonds is 4. The van der Waals surface area contributed by atoms with Crippen LogP contribution in [0.2, 0.25) is 0 Å². The number of benzene rings is 1. The van der Waals surface area contributed by atoms with E-state index in [1.54, 1.807) is 11.3 Å². The predicted octanol–water partition coefficient (Wildman–Crippen LogP) is 5.06. The third-order valence-corrected chi connectivity index (χ3v) is 4.70. The molecule has 0 aliphatic heterocycles. The van der Waals surface area contributed by atoms with Gasteiger partial charge in [-0.05, 0) is 38.1 Å². The van der Waals surface area contributed by atoms with Crippen LogP contribution in [0.15, 0.2) is 44.7 Å². The summed E-state index contributed by atoms with van der Waals surface area (Å²) in [6.07, 6.45) is 1.83. The zero-order valence-corrected chi connectivity index (χ0v) is 13.7. The molecule has 5 heteroatoms. The molecule has 0 saturated heterocycles. The number of nitrogens with zero attached hydrogens (tertiary/aromatic N) is 1. The van der Waals surface area contributed by atoms with E-state index in [1.807, 2.05) is 23.7 Å². The Labute approximate surface area is 130 Å². The smallest absolute Gasteiger partial charge is 0.134 e. The average Bonchev–Trinajstić information content (AvgIpc) is 3.07. The van der Waals surface area contributed by atoms with Gasteiger partial charge in [0.25, 0.3) is 0 Å². The van der Waals surface area contributed by atoms with Gasteiger partial charge < -0.3 is 4.42 Å². The molecule has 0 radical (unpaired) electrons. The third-order valence-electron chi connectivity index (χ3n) is 3.25. The van der Waals surface area contributed by atoms with Gasteiger partial charge in [0.05, 0.1) is 12.1 Å². The van der Waals surface area contributed by atoms with Crippen molar-refractivity contribution in [2.45, 2.75) is 25.9 Å². The molecule has 2 heterocycles. The summed E-state index contributed by atoms with van der Waals surface area (Å²) in [6.45, 7) is 4.23. The van der Waals surface area contributed by atoms with Crippen LogP contribution in [0.25, 0.3) is 11.0 Å². The lowest BCUT2D eigenvalue weighted by Crippen LogP contribution is -2.21. The maximum absolute atomic E-state index is 5.90. The fraction of sp³-hybridized carbons (Fsp3) is 0.267. The number of furan rings is 1. The normalized spacial score (nSPS) is 14.6. The molecule has 3 nitrogen and oxygen atoms in total. The highest BCUT2D eigenvalue weighted by molar-refractivity contribution is 9.10. The van der Waals surface area contributed by atoms with Gasteiger partial charge in [-0.3, -0.25) is 5.32 Å². The van der Waals surface area contributed by atoms with Gasteiger partial charge in [-0.25, -0.2) is 4.98 Å². The van der Waals surface area contributed by atoms with Crippen molar-refractivity contribution in [3.63, 3.8) is 0 Å². The zero-order chi connectivity index (χ0) is 14.1. The maximum atomic E-state index is 5.90. The van der Waals surface area contributed by atoms with E-state index < -0.39 is 0 Å². The van der Waals surface area contributed by atoms with E-state index in [4.69, 9.17) is 4.42 Å². The fourth-order valence-corrected chi connectivity index (χ4v) is 3.26. The first-order valence-corrected chi connectivity index (χ1v) is 8.15. The number of halogens is 1. The molecule has 3 rings (SSSR count). The molecule has 0 aliphatic rings. The zero-order valence-electron chi connectivity index (χ0n) is 11.3. The second-order valence-electron chi connectivity index (χ2n) is 4.81. The van der Waals surface area contributed by atoms with Crippen LogP contribution < -0.4 is 5.32 Å². The topological polar surface area (TPSA) is 38.1 Å². The van der Waals surface area contributed by atoms with Crippen LogP contribution in [0, 0.1) is 0 Å². The summed E-state index contributed by atoms with van der Waals surface area (Å²) in [5, 5.41) is 7.72. The monoisotopic (exact) mass is 350 g/mol. The van der Waals surface area contributed by atoms with E-state index in [1.165, 1.54) is 0 Å². The van der Waals surface area contributed by atoms with E-state index in [2.05, 4.69) is 52.2 Å². The fourth-order valence-electron chi connectivity index (χ4n) is 2.22. The van der Waals surface area contributed by atoms with E-state index in [0.717, 1.165) is 26.2 Å². The molecule has 0 aliphatic carbocycles. The highest BCUT2D eigenvalue weighted by atomic mass is 79.9. The van der Waals surface area contributed by atoms with Crippen LogP contribution in [0.1, 0.15) is 36.7 Å². The van der Waals surface area contributed by atoms with Gasteiger partial charge in [-0.1, -0.05) is 15.9 Å². The Kier molecular flexibility index (Phi) is 3.92. The molecule has 3 aromatic rings. The molecule has 0 fully saturated rings. The van der Waals surface area contributed by atoms with Crippen molar-refractivity contribution in [3.05, 3.63) is 51.1 Å². The quantitative estimate of drug-likeness (QED) is 0.714. The van der Waals surface area contributed by atoms with Gasteiger partial charge in [0.2, 0.25) is 0 Å². The molecule has 1 N–H and O–H groups in total. The van der Waals surface area contributed by atoms with Gasteiger partial charge in [-0.2, -0.15) is 0 Å². The SMILES string of the molecule is CC(NC(C)c1nccs1)c1cc2cc(Br)ccc2o1. The Morgan fingerprint density at radius 2 is 2.10 bits per heavy atom. The second-order valence-corrected chi connectivity index (χ2v) is 6.65. The summed E-state index contributed by atoms with van der Waals surface area (Å²) in [5.41, 5.74) is 0.916. The van der Waals surface area contributed by atoms with Crippen molar-refractivity contribution >= 4 is 38.2 Å². The van der Waals surface area contributed by atoms with Gasteiger partial charge in [-0.15, -0.1) is 11.3 Å². The van der Waals surface area contributed by atoms with Gasteiger partial charge in [0.1, 0.15) is 16.4 Å². The molecule has 2 atom stereocenters. The van der Waals surface area contributed by atoms with Crippen LogP contribution in [-0.4, -0.2) is 4.98 Å². The van der Waals surface area contributed by atoms with Gasteiger partial charge >= 0.3 is 0 Å². The average molecular weight is 351 g/mol. The summed E-state index contributed by atoms with van der Waals surface area (Å²) in [6, 6.07) is 8.49. The van der Waals surface area contributed by atoms with Crippen molar-refractivity contribution < 1.29 is 4.42 Å². The number of nitrogens with one attached hydrogen (secondary N) is 1. The van der Waals surface area contributed by atoms with Gasteiger partial charge in [0, 0.05) is 21.4 Å². The highest BCUT2D eigenvalue weighted by Gasteiger charge is 2.16. The molecule has 0 amide bonds. The van der Waals surface area contributed by atoms with E-state index in [0.29, 0.717) is 0 Å². The summed E-state index contributed by atoms with van der Waals surface area (Å²) in [4.78, 5) is 4.34. The first-order valence-electron chi connectivity index (χ1n) is 6.48. The van der Waals surface area contributed by atoms with Crippen molar-refractivity contribution in [3.8, 4) is 0 Å². The minimum Gasteiger partial charge on any atom is -0.459 e. The molecule has 2 unspecified atom stereocenters. The van der Waals surface area contributed by atoms with Crippen LogP contribution in [0.4, 0.5) is 0 Å². The van der Waals surface area contributed by atoms with Crippen LogP contribution >= 0.6 is 27.3 Å².